The predicted octanol–water partition coefficient (Wildman–Crippen LogP) is 6.65. The number of para-hydroxylation sites is 2. The molecule has 3 aliphatic heterocycles. The Kier molecular flexibility index (Phi) is 8.42. The quantitative estimate of drug-likeness (QED) is 0.183. The van der Waals surface area contributed by atoms with E-state index in [0.717, 1.165) is 5.56 Å². The van der Waals surface area contributed by atoms with E-state index in [4.69, 9.17) is 9.47 Å². The molecule has 5 atom stereocenters. The third-order valence-electron chi connectivity index (χ3n) is 10.7. The summed E-state index contributed by atoms with van der Waals surface area (Å²) in [7, 11) is 0. The third-order valence-corrected chi connectivity index (χ3v) is 10.7. The Morgan fingerprint density at radius 2 is 1.67 bits per heavy atom. The molecule has 1 N–H and O–H groups in total. The second kappa shape index (κ2) is 13.0. The third kappa shape index (κ3) is 5.64. The molecule has 52 heavy (non-hydrogen) atoms. The van der Waals surface area contributed by atoms with Crippen molar-refractivity contribution in [1.29, 1.82) is 0 Å². The summed E-state index contributed by atoms with van der Waals surface area (Å²) in [5.74, 6) is -1.19. The molecule has 8 rings (SSSR count). The van der Waals surface area contributed by atoms with Gasteiger partial charge in [0.2, 0.25) is 0 Å². The molecule has 4 heterocycles. The lowest BCUT2D eigenvalue weighted by Crippen LogP contribution is -2.45. The summed E-state index contributed by atoms with van der Waals surface area (Å²) in [5.41, 5.74) is 1.22. The summed E-state index contributed by atoms with van der Waals surface area (Å²) < 4.78 is 30.8. The van der Waals surface area contributed by atoms with Crippen molar-refractivity contribution >= 4 is 28.9 Å². The summed E-state index contributed by atoms with van der Waals surface area (Å²) in [6, 6.07) is 31.8. The average molecular weight is 702 g/mol. The number of carbonyl (C=O) groups is 2. The summed E-state index contributed by atoms with van der Waals surface area (Å²) in [4.78, 5) is 31.7. The molecule has 10 nitrogen and oxygen atoms in total. The van der Waals surface area contributed by atoms with Crippen LogP contribution in [0.5, 0.6) is 5.75 Å². The second-order valence-corrected chi connectivity index (χ2v) is 14.3. The molecule has 1 saturated heterocycles. The van der Waals surface area contributed by atoms with E-state index in [0.29, 0.717) is 59.1 Å². The Hall–Kier alpha value is -5.39. The molecule has 1 aromatic heterocycles. The summed E-state index contributed by atoms with van der Waals surface area (Å²) in [5, 5.41) is 19.3. The summed E-state index contributed by atoms with van der Waals surface area (Å²) in [6.07, 6.45) is 0.401. The van der Waals surface area contributed by atoms with Crippen LogP contribution in [0.4, 0.5) is 21.5 Å². The van der Waals surface area contributed by atoms with Gasteiger partial charge in [-0.3, -0.25) is 19.2 Å². The zero-order chi connectivity index (χ0) is 36.2. The first-order valence-corrected chi connectivity index (χ1v) is 17.6. The number of aliphatic hydroxyl groups excluding tert-OH is 1. The molecule has 0 saturated carbocycles. The van der Waals surface area contributed by atoms with Gasteiger partial charge < -0.3 is 19.5 Å². The number of nitrogens with zero attached hydrogens (tertiary/aromatic N) is 5. The van der Waals surface area contributed by atoms with Crippen LogP contribution in [0, 0.1) is 11.8 Å². The summed E-state index contributed by atoms with van der Waals surface area (Å²) >= 11 is 0. The zero-order valence-corrected chi connectivity index (χ0v) is 29.2. The molecule has 11 heteroatoms. The van der Waals surface area contributed by atoms with Crippen molar-refractivity contribution in [3.63, 3.8) is 0 Å². The number of alkyl halides is 1. The number of aromatic nitrogens is 3. The normalized spacial score (nSPS) is 23.1. The zero-order valence-electron chi connectivity index (χ0n) is 29.2. The molecule has 0 aliphatic carbocycles. The Morgan fingerprint density at radius 3 is 2.42 bits per heavy atom. The van der Waals surface area contributed by atoms with Crippen molar-refractivity contribution in [3.8, 4) is 5.75 Å². The fourth-order valence-corrected chi connectivity index (χ4v) is 8.37. The minimum absolute atomic E-state index is 0.127. The number of aryl methyl sites for hydroxylation is 1. The van der Waals surface area contributed by atoms with Crippen LogP contribution in [0.15, 0.2) is 109 Å². The van der Waals surface area contributed by atoms with E-state index in [-0.39, 0.29) is 18.4 Å². The Labute approximate surface area is 301 Å². The van der Waals surface area contributed by atoms with Gasteiger partial charge in [0.1, 0.15) is 23.2 Å². The van der Waals surface area contributed by atoms with Gasteiger partial charge in [-0.25, -0.2) is 4.39 Å². The SMILES string of the molecule is C[C@H]1[C@H](C(C)(C)F)[C@@H](CCn2cc([C@H](O)c3ccccc3)nn2)O[C@]12C(=O)N(Cc1ccccc1)c1ccc(N3C(=O)COc4ccccc43)cc12. The van der Waals surface area contributed by atoms with Crippen LogP contribution in [-0.2, 0) is 33.0 Å². The smallest absolute Gasteiger partial charge is 0.269 e. The number of carbonyl (C=O) groups excluding carboxylic acids is 2. The van der Waals surface area contributed by atoms with E-state index in [2.05, 4.69) is 10.3 Å². The van der Waals surface area contributed by atoms with Crippen molar-refractivity contribution in [2.75, 3.05) is 16.4 Å². The lowest BCUT2D eigenvalue weighted by atomic mass is 9.71. The van der Waals surface area contributed by atoms with Crippen LogP contribution in [-0.4, -0.2) is 50.3 Å². The fourth-order valence-electron chi connectivity index (χ4n) is 8.37. The van der Waals surface area contributed by atoms with Gasteiger partial charge in [-0.1, -0.05) is 84.9 Å². The lowest BCUT2D eigenvalue weighted by Gasteiger charge is -2.33. The number of rotatable bonds is 9. The molecule has 4 aromatic carbocycles. The molecule has 0 unspecified atom stereocenters. The minimum Gasteiger partial charge on any atom is -0.482 e. The van der Waals surface area contributed by atoms with Crippen LogP contribution in [0.25, 0.3) is 0 Å². The van der Waals surface area contributed by atoms with E-state index in [1.165, 1.54) is 13.8 Å². The number of halogens is 1. The van der Waals surface area contributed by atoms with Gasteiger partial charge in [-0.05, 0) is 61.7 Å². The average Bonchev–Trinajstić information content (AvgIpc) is 3.81. The minimum atomic E-state index is -1.71. The van der Waals surface area contributed by atoms with E-state index >= 15 is 4.39 Å². The Balaban J connectivity index is 1.17. The van der Waals surface area contributed by atoms with Crippen LogP contribution >= 0.6 is 0 Å². The maximum atomic E-state index is 16.4. The number of benzene rings is 4. The molecule has 5 aromatic rings. The maximum absolute atomic E-state index is 16.4. The molecule has 266 valence electrons. The van der Waals surface area contributed by atoms with Gasteiger partial charge in [0, 0.05) is 29.6 Å². The van der Waals surface area contributed by atoms with Gasteiger partial charge in [0.25, 0.3) is 11.8 Å². The number of amides is 2. The first-order chi connectivity index (χ1) is 25.1. The molecule has 2 amide bonds. The van der Waals surface area contributed by atoms with Gasteiger partial charge in [0.15, 0.2) is 12.2 Å². The Bertz CT molecular complexity index is 2120. The predicted molar refractivity (Wildman–Crippen MR) is 193 cm³/mol. The van der Waals surface area contributed by atoms with Crippen molar-refractivity contribution in [2.24, 2.45) is 11.8 Å². The first kappa shape index (κ1) is 33.7. The van der Waals surface area contributed by atoms with Crippen LogP contribution in [0.1, 0.15) is 55.7 Å². The van der Waals surface area contributed by atoms with Crippen LogP contribution in [0.3, 0.4) is 0 Å². The van der Waals surface area contributed by atoms with E-state index in [9.17, 15) is 14.7 Å². The van der Waals surface area contributed by atoms with Gasteiger partial charge >= 0.3 is 0 Å². The highest BCUT2D eigenvalue weighted by molar-refractivity contribution is 6.09. The maximum Gasteiger partial charge on any atom is 0.269 e. The van der Waals surface area contributed by atoms with Gasteiger partial charge in [-0.2, -0.15) is 0 Å². The van der Waals surface area contributed by atoms with E-state index in [1.807, 2.05) is 110 Å². The molecule has 1 spiro atoms. The Morgan fingerprint density at radius 1 is 0.962 bits per heavy atom. The van der Waals surface area contributed by atoms with Crippen LogP contribution < -0.4 is 14.5 Å². The van der Waals surface area contributed by atoms with E-state index in [1.54, 1.807) is 20.7 Å². The number of ether oxygens (including phenoxy) is 2. The lowest BCUT2D eigenvalue weighted by molar-refractivity contribution is -0.146. The van der Waals surface area contributed by atoms with Crippen molar-refractivity contribution < 1.29 is 28.6 Å². The topological polar surface area (TPSA) is 110 Å². The standard InChI is InChI=1S/C41H40FN5O5/c1-26-37(40(2,3)42)35(20-21-45-24-31(43-44-45)38(49)28-14-8-5-9-15-28)52-41(26)30-22-29(47-33-16-10-11-17-34(33)51-25-36(47)48)18-19-32(30)46(39(41)50)23-27-12-6-4-7-13-27/h4-19,22,24,26,35,37-38,49H,20-21,23,25H2,1-3H3/t26-,35+,37-,38+,41+/m0/s1. The van der Waals surface area contributed by atoms with Crippen LogP contribution in [0.2, 0.25) is 0 Å². The van der Waals surface area contributed by atoms with Crippen molar-refractivity contribution in [1.82, 2.24) is 15.0 Å². The van der Waals surface area contributed by atoms with Gasteiger partial charge in [0.05, 0.1) is 30.2 Å². The van der Waals surface area contributed by atoms with E-state index < -0.39 is 35.3 Å². The fraction of sp³-hybridized carbons (Fsp3) is 0.317. The summed E-state index contributed by atoms with van der Waals surface area (Å²) in [6.45, 7) is 5.46. The van der Waals surface area contributed by atoms with Crippen molar-refractivity contribution in [3.05, 3.63) is 132 Å². The molecule has 0 bridgehead atoms. The molecule has 3 aliphatic rings. The highest BCUT2D eigenvalue weighted by Crippen LogP contribution is 2.59. The molecule has 1 fully saturated rings. The highest BCUT2D eigenvalue weighted by Gasteiger charge is 2.66. The largest absolute Gasteiger partial charge is 0.482 e. The second-order valence-electron chi connectivity index (χ2n) is 14.3. The number of anilines is 3. The number of aliphatic hydroxyl groups is 1. The number of hydrogen-bond acceptors (Lipinski definition) is 7. The number of hydrogen-bond donors (Lipinski definition) is 1. The van der Waals surface area contributed by atoms with Crippen molar-refractivity contribution in [2.45, 2.75) is 63.8 Å². The first-order valence-electron chi connectivity index (χ1n) is 17.6. The highest BCUT2D eigenvalue weighted by atomic mass is 19.1. The molecule has 0 radical (unpaired) electrons. The van der Waals surface area contributed by atoms with Gasteiger partial charge in [-0.15, -0.1) is 5.10 Å². The number of fused-ring (bicyclic) bond motifs is 3. The molecular formula is C41H40FN5O5. The molecular weight excluding hydrogens is 661 g/mol. The monoisotopic (exact) mass is 701 g/mol.